The zero-order valence-electron chi connectivity index (χ0n) is 16.7. The fraction of sp³-hybridized carbons (Fsp3) is 0.474. The van der Waals surface area contributed by atoms with Crippen LogP contribution in [0.3, 0.4) is 0 Å². The Labute approximate surface area is 174 Å². The molecule has 3 heterocycles. The highest BCUT2D eigenvalue weighted by Gasteiger charge is 2.33. The first-order valence-electron chi connectivity index (χ1n) is 9.32. The van der Waals surface area contributed by atoms with Crippen molar-refractivity contribution in [3.63, 3.8) is 0 Å². The quantitative estimate of drug-likeness (QED) is 0.743. The fourth-order valence-electron chi connectivity index (χ4n) is 3.21. The molecule has 0 unspecified atom stereocenters. The Bertz CT molecular complexity index is 985. The third-order valence-corrected chi connectivity index (χ3v) is 8.19. The van der Waals surface area contributed by atoms with Gasteiger partial charge in [0.2, 0.25) is 5.91 Å². The fourth-order valence-corrected chi connectivity index (χ4v) is 5.98. The van der Waals surface area contributed by atoms with Crippen molar-refractivity contribution in [1.82, 2.24) is 14.5 Å². The summed E-state index contributed by atoms with van der Waals surface area (Å²) in [4.78, 5) is 25.8. The third kappa shape index (κ3) is 4.88. The molecule has 0 aromatic carbocycles. The van der Waals surface area contributed by atoms with Crippen LogP contribution < -0.4 is 5.32 Å². The average molecular weight is 440 g/mol. The highest BCUT2D eigenvalue weighted by Crippen LogP contribution is 2.28. The molecule has 3 rings (SSSR count). The third-order valence-electron chi connectivity index (χ3n) is 4.88. The van der Waals surface area contributed by atoms with Gasteiger partial charge in [-0.3, -0.25) is 9.59 Å². The van der Waals surface area contributed by atoms with E-state index in [1.54, 1.807) is 19.5 Å². The largest absolute Gasteiger partial charge is 0.465 e. The first-order valence-corrected chi connectivity index (χ1v) is 11.6. The maximum atomic E-state index is 12.9. The minimum absolute atomic E-state index is 0.0916. The second-order valence-corrected chi connectivity index (χ2v) is 10.3. The zero-order chi connectivity index (χ0) is 21.2. The average Bonchev–Trinajstić information content (AvgIpc) is 3.35. The number of hydrogen-bond acceptors (Lipinski definition) is 6. The molecule has 2 aromatic heterocycles. The molecule has 2 amide bonds. The SMILES string of the molecule is Cc1ccc(CNC(=O)C2CCN(S(=O)(=O)c3cc(C(=O)N(C)C)cs3)CC2)o1. The molecule has 1 aliphatic rings. The highest BCUT2D eigenvalue weighted by molar-refractivity contribution is 7.91. The van der Waals surface area contributed by atoms with Crippen molar-refractivity contribution in [2.75, 3.05) is 27.2 Å². The van der Waals surface area contributed by atoms with Crippen molar-refractivity contribution in [3.05, 3.63) is 40.7 Å². The van der Waals surface area contributed by atoms with Crippen molar-refractivity contribution in [2.45, 2.75) is 30.5 Å². The lowest BCUT2D eigenvalue weighted by Gasteiger charge is -2.30. The highest BCUT2D eigenvalue weighted by atomic mass is 32.2. The van der Waals surface area contributed by atoms with Gasteiger partial charge in [0.1, 0.15) is 15.7 Å². The molecule has 29 heavy (non-hydrogen) atoms. The summed E-state index contributed by atoms with van der Waals surface area (Å²) in [5.74, 6) is 0.927. The smallest absolute Gasteiger partial charge is 0.254 e. The second kappa shape index (κ2) is 8.68. The van der Waals surface area contributed by atoms with E-state index in [1.807, 2.05) is 19.1 Å². The summed E-state index contributed by atoms with van der Waals surface area (Å²) in [6.45, 7) is 2.71. The van der Waals surface area contributed by atoms with Crippen LogP contribution in [-0.2, 0) is 21.4 Å². The molecule has 10 heteroatoms. The van der Waals surface area contributed by atoms with E-state index in [-0.39, 0.29) is 35.0 Å². The Hall–Kier alpha value is -2.17. The predicted molar refractivity (Wildman–Crippen MR) is 109 cm³/mol. The van der Waals surface area contributed by atoms with E-state index in [9.17, 15) is 18.0 Å². The molecule has 0 atom stereocenters. The number of carbonyl (C=O) groups is 2. The van der Waals surface area contributed by atoms with E-state index in [1.165, 1.54) is 15.3 Å². The molecule has 0 radical (unpaired) electrons. The number of thiophene rings is 1. The molecule has 1 fully saturated rings. The Kier molecular flexibility index (Phi) is 6.45. The molecule has 0 bridgehead atoms. The summed E-state index contributed by atoms with van der Waals surface area (Å²) < 4.78 is 32.7. The molecule has 8 nitrogen and oxygen atoms in total. The van der Waals surface area contributed by atoms with Gasteiger partial charge in [-0.15, -0.1) is 11.3 Å². The molecule has 2 aromatic rings. The Morgan fingerprint density at radius 1 is 1.28 bits per heavy atom. The number of carbonyl (C=O) groups excluding carboxylic acids is 2. The van der Waals surface area contributed by atoms with E-state index in [0.717, 1.165) is 17.1 Å². The summed E-state index contributed by atoms with van der Waals surface area (Å²) >= 11 is 1.04. The Morgan fingerprint density at radius 2 is 1.97 bits per heavy atom. The topological polar surface area (TPSA) is 99.9 Å². The molecule has 1 aliphatic heterocycles. The molecular formula is C19H25N3O5S2. The van der Waals surface area contributed by atoms with Gasteiger partial charge in [-0.25, -0.2) is 8.42 Å². The zero-order valence-corrected chi connectivity index (χ0v) is 18.3. The molecule has 0 aliphatic carbocycles. The summed E-state index contributed by atoms with van der Waals surface area (Å²) in [5, 5.41) is 4.41. The van der Waals surface area contributed by atoms with Gasteiger partial charge in [-0.2, -0.15) is 4.31 Å². The van der Waals surface area contributed by atoms with Crippen molar-refractivity contribution < 1.29 is 22.4 Å². The van der Waals surface area contributed by atoms with Crippen molar-refractivity contribution in [3.8, 4) is 0 Å². The normalized spacial score (nSPS) is 16.0. The molecule has 158 valence electrons. The van der Waals surface area contributed by atoms with Crippen LogP contribution in [0.1, 0.15) is 34.7 Å². The second-order valence-electron chi connectivity index (χ2n) is 7.26. The van der Waals surface area contributed by atoms with Gasteiger partial charge < -0.3 is 14.6 Å². The predicted octanol–water partition coefficient (Wildman–Crippen LogP) is 2.07. The Balaban J connectivity index is 1.56. The number of aryl methyl sites for hydroxylation is 1. The van der Waals surface area contributed by atoms with Gasteiger partial charge in [0.05, 0.1) is 12.1 Å². The van der Waals surface area contributed by atoms with E-state index >= 15 is 0 Å². The summed E-state index contributed by atoms with van der Waals surface area (Å²) in [6, 6.07) is 5.08. The monoisotopic (exact) mass is 439 g/mol. The van der Waals surface area contributed by atoms with Crippen LogP contribution in [0.5, 0.6) is 0 Å². The minimum Gasteiger partial charge on any atom is -0.465 e. The number of piperidine rings is 1. The lowest BCUT2D eigenvalue weighted by atomic mass is 9.97. The van der Waals surface area contributed by atoms with Gasteiger partial charge in [-0.1, -0.05) is 0 Å². The standard InChI is InChI=1S/C19H25N3O5S2/c1-13-4-5-16(27-13)11-20-18(23)14-6-8-22(9-7-14)29(25,26)17-10-15(12-28-17)19(24)21(2)3/h4-5,10,12,14H,6-9,11H2,1-3H3,(H,20,23). The van der Waals surface area contributed by atoms with Gasteiger partial charge in [0, 0.05) is 38.5 Å². The van der Waals surface area contributed by atoms with Gasteiger partial charge in [-0.05, 0) is 38.0 Å². The maximum Gasteiger partial charge on any atom is 0.254 e. The van der Waals surface area contributed by atoms with Crippen LogP contribution >= 0.6 is 11.3 Å². The first kappa shape index (κ1) is 21.5. The minimum atomic E-state index is -3.67. The Morgan fingerprint density at radius 3 is 2.55 bits per heavy atom. The van der Waals surface area contributed by atoms with E-state index in [2.05, 4.69) is 5.32 Å². The number of amides is 2. The van der Waals surface area contributed by atoms with Crippen LogP contribution in [0.25, 0.3) is 0 Å². The van der Waals surface area contributed by atoms with E-state index in [0.29, 0.717) is 30.7 Å². The number of nitrogens with one attached hydrogen (secondary N) is 1. The number of sulfonamides is 1. The number of rotatable bonds is 6. The molecular weight excluding hydrogens is 414 g/mol. The van der Waals surface area contributed by atoms with Gasteiger partial charge in [0.25, 0.3) is 15.9 Å². The summed E-state index contributed by atoms with van der Waals surface area (Å²) in [7, 11) is -0.424. The lowest BCUT2D eigenvalue weighted by Crippen LogP contribution is -2.42. The first-order chi connectivity index (χ1) is 13.7. The molecule has 0 saturated carbocycles. The summed E-state index contributed by atoms with van der Waals surface area (Å²) in [5.41, 5.74) is 0.362. The summed E-state index contributed by atoms with van der Waals surface area (Å²) in [6.07, 6.45) is 0.911. The number of nitrogens with zero attached hydrogens (tertiary/aromatic N) is 2. The van der Waals surface area contributed by atoms with Crippen LogP contribution in [0.4, 0.5) is 0 Å². The molecule has 1 saturated heterocycles. The molecule has 0 spiro atoms. The van der Waals surface area contributed by atoms with E-state index in [4.69, 9.17) is 4.42 Å². The van der Waals surface area contributed by atoms with Crippen LogP contribution in [0.2, 0.25) is 0 Å². The number of furan rings is 1. The van der Waals surface area contributed by atoms with Crippen molar-refractivity contribution in [2.24, 2.45) is 5.92 Å². The van der Waals surface area contributed by atoms with Crippen LogP contribution in [-0.4, -0.2) is 56.6 Å². The number of hydrogen-bond donors (Lipinski definition) is 1. The van der Waals surface area contributed by atoms with Crippen molar-refractivity contribution >= 4 is 33.2 Å². The maximum absolute atomic E-state index is 12.9. The van der Waals surface area contributed by atoms with Crippen LogP contribution in [0, 0.1) is 12.8 Å². The molecule has 1 N–H and O–H groups in total. The van der Waals surface area contributed by atoms with Crippen molar-refractivity contribution in [1.29, 1.82) is 0 Å². The van der Waals surface area contributed by atoms with E-state index < -0.39 is 10.0 Å². The lowest BCUT2D eigenvalue weighted by molar-refractivity contribution is -0.126. The van der Waals surface area contributed by atoms with Crippen LogP contribution in [0.15, 0.2) is 32.2 Å². The van der Waals surface area contributed by atoms with Gasteiger partial charge >= 0.3 is 0 Å². The van der Waals surface area contributed by atoms with Gasteiger partial charge in [0.15, 0.2) is 0 Å².